The number of Topliss-reactive ketones (excluding diaryl/α,β-unsaturated/α-hetero) is 1. The van der Waals surface area contributed by atoms with Gasteiger partial charge in [0.25, 0.3) is 5.91 Å². The van der Waals surface area contributed by atoms with Crippen molar-refractivity contribution in [2.75, 3.05) is 19.6 Å². The van der Waals surface area contributed by atoms with Gasteiger partial charge in [-0.3, -0.25) is 19.2 Å². The molecule has 36 heavy (non-hydrogen) atoms. The van der Waals surface area contributed by atoms with E-state index in [0.29, 0.717) is 25.8 Å². The van der Waals surface area contributed by atoms with Gasteiger partial charge in [-0.15, -0.1) is 0 Å². The maximum atomic E-state index is 12.9. The van der Waals surface area contributed by atoms with Crippen LogP contribution in [0.15, 0.2) is 30.3 Å². The number of hydrogen-bond donors (Lipinski definition) is 3. The third-order valence-corrected chi connectivity index (χ3v) is 5.86. The van der Waals surface area contributed by atoms with Crippen LogP contribution in [0.5, 0.6) is 0 Å². The second-order valence-corrected chi connectivity index (χ2v) is 9.32. The van der Waals surface area contributed by atoms with Crippen molar-refractivity contribution in [3.05, 3.63) is 35.9 Å². The SMILES string of the molecule is CC[C@H](NC(=O)[C@H](CC(C)C)NC(=O)OCc1ccccc1)C(=O)C(=O)NCCCN1CCCC1=O. The standard InChI is InChI=1S/C26H38N4O6/c1-4-20(23(32)25(34)27-13-9-15-30-14-8-12-22(30)31)28-24(33)21(16-18(2)3)29-26(35)36-17-19-10-6-5-7-11-19/h5-7,10-11,18,20-21H,4,8-9,12-17H2,1-3H3,(H,27,34)(H,28,33)(H,29,35)/t20-,21-/m0/s1. The van der Waals surface area contributed by atoms with Gasteiger partial charge in [-0.2, -0.15) is 0 Å². The van der Waals surface area contributed by atoms with Crippen molar-refractivity contribution in [1.29, 1.82) is 0 Å². The lowest BCUT2D eigenvalue weighted by atomic mass is 10.0. The van der Waals surface area contributed by atoms with Crippen LogP contribution in [-0.2, 0) is 30.5 Å². The Bertz CT molecular complexity index is 905. The molecule has 3 N–H and O–H groups in total. The molecule has 198 valence electrons. The lowest BCUT2D eigenvalue weighted by Gasteiger charge is -2.23. The quantitative estimate of drug-likeness (QED) is 0.263. The first kappa shape index (κ1) is 28.8. The number of carbonyl (C=O) groups is 5. The van der Waals surface area contributed by atoms with Gasteiger partial charge in [0.15, 0.2) is 0 Å². The summed E-state index contributed by atoms with van der Waals surface area (Å²) in [6, 6.07) is 7.22. The molecule has 10 heteroatoms. The number of alkyl carbamates (subject to hydrolysis) is 1. The summed E-state index contributed by atoms with van der Waals surface area (Å²) in [6.07, 6.45) is 1.75. The highest BCUT2D eigenvalue weighted by Crippen LogP contribution is 2.10. The van der Waals surface area contributed by atoms with Crippen molar-refractivity contribution in [2.45, 2.75) is 71.6 Å². The first-order chi connectivity index (χ1) is 17.2. The second-order valence-electron chi connectivity index (χ2n) is 9.32. The molecule has 0 bridgehead atoms. The van der Waals surface area contributed by atoms with Crippen molar-refractivity contribution in [3.8, 4) is 0 Å². The molecule has 0 spiro atoms. The molecular formula is C26H38N4O6. The largest absolute Gasteiger partial charge is 0.445 e. The average molecular weight is 503 g/mol. The van der Waals surface area contributed by atoms with E-state index in [9.17, 15) is 24.0 Å². The molecule has 0 aromatic heterocycles. The highest BCUT2D eigenvalue weighted by molar-refractivity contribution is 6.38. The fourth-order valence-corrected chi connectivity index (χ4v) is 3.89. The summed E-state index contributed by atoms with van der Waals surface area (Å²) < 4.78 is 5.22. The molecule has 2 rings (SSSR count). The Kier molecular flexibility index (Phi) is 11.9. The average Bonchev–Trinajstić information content (AvgIpc) is 3.27. The Balaban J connectivity index is 1.84. The van der Waals surface area contributed by atoms with Gasteiger partial charge in [0.1, 0.15) is 12.6 Å². The van der Waals surface area contributed by atoms with E-state index in [1.54, 1.807) is 11.8 Å². The molecule has 1 fully saturated rings. The normalized spacial score (nSPS) is 14.8. The van der Waals surface area contributed by atoms with E-state index in [1.807, 2.05) is 44.2 Å². The van der Waals surface area contributed by atoms with Gasteiger partial charge in [-0.05, 0) is 37.2 Å². The van der Waals surface area contributed by atoms with Crippen LogP contribution in [0.25, 0.3) is 0 Å². The number of nitrogens with one attached hydrogen (secondary N) is 3. The summed E-state index contributed by atoms with van der Waals surface area (Å²) in [5.74, 6) is -1.90. The third-order valence-electron chi connectivity index (χ3n) is 5.86. The predicted octanol–water partition coefficient (Wildman–Crippen LogP) is 1.92. The van der Waals surface area contributed by atoms with Crippen LogP contribution < -0.4 is 16.0 Å². The first-order valence-electron chi connectivity index (χ1n) is 12.6. The molecular weight excluding hydrogens is 464 g/mol. The van der Waals surface area contributed by atoms with Gasteiger partial charge in [-0.1, -0.05) is 51.1 Å². The maximum absolute atomic E-state index is 12.9. The van der Waals surface area contributed by atoms with Crippen LogP contribution in [0.2, 0.25) is 0 Å². The molecule has 1 saturated heterocycles. The topological polar surface area (TPSA) is 134 Å². The predicted molar refractivity (Wildman–Crippen MR) is 134 cm³/mol. The molecule has 2 atom stereocenters. The van der Waals surface area contributed by atoms with E-state index in [2.05, 4.69) is 16.0 Å². The van der Waals surface area contributed by atoms with Crippen LogP contribution in [0, 0.1) is 5.92 Å². The van der Waals surface area contributed by atoms with Gasteiger partial charge < -0.3 is 25.6 Å². The van der Waals surface area contributed by atoms with E-state index < -0.39 is 35.8 Å². The third kappa shape index (κ3) is 9.67. The van der Waals surface area contributed by atoms with Crippen molar-refractivity contribution in [3.63, 3.8) is 0 Å². The number of carbonyl (C=O) groups excluding carboxylic acids is 5. The van der Waals surface area contributed by atoms with Gasteiger partial charge in [0, 0.05) is 26.1 Å². The fraction of sp³-hybridized carbons (Fsp3) is 0.577. The lowest BCUT2D eigenvalue weighted by Crippen LogP contribution is -2.54. The number of nitrogens with zero attached hydrogens (tertiary/aromatic N) is 1. The van der Waals surface area contributed by atoms with Gasteiger partial charge >= 0.3 is 6.09 Å². The minimum absolute atomic E-state index is 0.0604. The number of likely N-dealkylation sites (tertiary alicyclic amines) is 1. The van der Waals surface area contributed by atoms with Crippen LogP contribution in [0.3, 0.4) is 0 Å². The van der Waals surface area contributed by atoms with Crippen LogP contribution in [0.4, 0.5) is 4.79 Å². The number of amides is 4. The van der Waals surface area contributed by atoms with Gasteiger partial charge in [0.2, 0.25) is 17.6 Å². The molecule has 1 aliphatic heterocycles. The summed E-state index contributed by atoms with van der Waals surface area (Å²) >= 11 is 0. The smallest absolute Gasteiger partial charge is 0.408 e. The number of hydrogen-bond acceptors (Lipinski definition) is 6. The fourth-order valence-electron chi connectivity index (χ4n) is 3.89. The van der Waals surface area contributed by atoms with Gasteiger partial charge in [0.05, 0.1) is 6.04 Å². The number of benzene rings is 1. The van der Waals surface area contributed by atoms with Crippen LogP contribution >= 0.6 is 0 Å². The first-order valence-corrected chi connectivity index (χ1v) is 12.6. The summed E-state index contributed by atoms with van der Waals surface area (Å²) in [4.78, 5) is 63.6. The number of ketones is 1. The molecule has 4 amide bonds. The second kappa shape index (κ2) is 14.9. The molecule has 1 heterocycles. The molecule has 0 radical (unpaired) electrons. The molecule has 0 saturated carbocycles. The zero-order valence-electron chi connectivity index (χ0n) is 21.4. The highest BCUT2D eigenvalue weighted by Gasteiger charge is 2.30. The minimum Gasteiger partial charge on any atom is -0.445 e. The molecule has 10 nitrogen and oxygen atoms in total. The number of ether oxygens (including phenoxy) is 1. The minimum atomic E-state index is -1.02. The summed E-state index contributed by atoms with van der Waals surface area (Å²) in [6.45, 7) is 7.07. The van der Waals surface area contributed by atoms with E-state index >= 15 is 0 Å². The highest BCUT2D eigenvalue weighted by atomic mass is 16.5. The Labute approximate surface area is 212 Å². The Morgan fingerprint density at radius 3 is 2.39 bits per heavy atom. The zero-order valence-corrected chi connectivity index (χ0v) is 21.4. The van der Waals surface area contributed by atoms with E-state index in [0.717, 1.165) is 18.5 Å². The molecule has 1 aromatic carbocycles. The monoisotopic (exact) mass is 502 g/mol. The Morgan fingerprint density at radius 1 is 1.06 bits per heavy atom. The van der Waals surface area contributed by atoms with Crippen molar-refractivity contribution >= 4 is 29.6 Å². The van der Waals surface area contributed by atoms with Crippen LogP contribution in [0.1, 0.15) is 58.4 Å². The Morgan fingerprint density at radius 2 is 1.78 bits per heavy atom. The molecule has 1 aromatic rings. The van der Waals surface area contributed by atoms with E-state index in [4.69, 9.17) is 4.74 Å². The van der Waals surface area contributed by atoms with Crippen molar-refractivity contribution < 1.29 is 28.7 Å². The van der Waals surface area contributed by atoms with Crippen LogP contribution in [-0.4, -0.2) is 66.2 Å². The molecule has 0 aliphatic carbocycles. The Hall–Kier alpha value is -3.43. The lowest BCUT2D eigenvalue weighted by molar-refractivity contribution is -0.140. The van der Waals surface area contributed by atoms with E-state index in [1.165, 1.54) is 0 Å². The van der Waals surface area contributed by atoms with Crippen molar-refractivity contribution in [1.82, 2.24) is 20.9 Å². The summed E-state index contributed by atoms with van der Waals surface area (Å²) in [5.41, 5.74) is 0.812. The van der Waals surface area contributed by atoms with E-state index in [-0.39, 0.29) is 31.4 Å². The summed E-state index contributed by atoms with van der Waals surface area (Å²) in [7, 11) is 0. The molecule has 1 aliphatic rings. The molecule has 0 unspecified atom stereocenters. The van der Waals surface area contributed by atoms with Gasteiger partial charge in [-0.25, -0.2) is 4.79 Å². The summed E-state index contributed by atoms with van der Waals surface area (Å²) in [5, 5.41) is 7.74. The zero-order chi connectivity index (χ0) is 26.5. The van der Waals surface area contributed by atoms with Crippen molar-refractivity contribution in [2.24, 2.45) is 5.92 Å². The maximum Gasteiger partial charge on any atom is 0.408 e. The number of rotatable bonds is 14.